The van der Waals surface area contributed by atoms with Crippen LogP contribution < -0.4 is 5.30 Å². The van der Waals surface area contributed by atoms with Gasteiger partial charge in [-0.3, -0.25) is 0 Å². The number of hydrogen-bond donors (Lipinski definition) is 2. The zero-order valence-electron chi connectivity index (χ0n) is 12.9. The average Bonchev–Trinajstić information content (AvgIpc) is 2.47. The molecule has 2 atom stereocenters. The van der Waals surface area contributed by atoms with Crippen molar-refractivity contribution < 1.29 is 9.67 Å². The normalized spacial score (nSPS) is 12.7. The molecule has 0 aliphatic carbocycles. The molecular weight excluding hydrogens is 293 g/mol. The summed E-state index contributed by atoms with van der Waals surface area (Å²) in [4.78, 5) is 0. The van der Waals surface area contributed by atoms with Gasteiger partial charge in [-0.25, -0.2) is 0 Å². The van der Waals surface area contributed by atoms with Crippen molar-refractivity contribution in [1.29, 1.82) is 5.41 Å². The summed E-state index contributed by atoms with van der Waals surface area (Å²) in [6.45, 7) is 3.80. The fourth-order valence-electron chi connectivity index (χ4n) is 2.59. The van der Waals surface area contributed by atoms with Gasteiger partial charge in [0.15, 0.2) is 11.5 Å². The Labute approximate surface area is 132 Å². The van der Waals surface area contributed by atoms with E-state index < -0.39 is 7.80 Å². The van der Waals surface area contributed by atoms with Crippen molar-refractivity contribution in [1.82, 2.24) is 0 Å². The Kier molecular flexibility index (Phi) is 5.46. The van der Waals surface area contributed by atoms with E-state index in [1.165, 1.54) is 0 Å². The highest BCUT2D eigenvalue weighted by atomic mass is 31.1. The number of benzene rings is 2. The lowest BCUT2D eigenvalue weighted by Crippen LogP contribution is -2.09. The van der Waals surface area contributed by atoms with Crippen molar-refractivity contribution in [2.75, 3.05) is 6.16 Å². The van der Waals surface area contributed by atoms with Crippen LogP contribution in [0.2, 0.25) is 0 Å². The molecule has 0 radical (unpaired) electrons. The lowest BCUT2D eigenvalue weighted by atomic mass is 10.0. The Balaban J connectivity index is 2.31. The van der Waals surface area contributed by atoms with E-state index in [0.29, 0.717) is 23.9 Å². The first-order valence-electron chi connectivity index (χ1n) is 7.35. The van der Waals surface area contributed by atoms with Crippen molar-refractivity contribution in [3.05, 3.63) is 48.5 Å². The molecule has 0 saturated heterocycles. The van der Waals surface area contributed by atoms with Gasteiger partial charge in [0, 0.05) is 22.8 Å². The third-order valence-corrected chi connectivity index (χ3v) is 5.38. The zero-order chi connectivity index (χ0) is 16.1. The maximum absolute atomic E-state index is 12.7. The quantitative estimate of drug-likeness (QED) is 0.605. The Bertz CT molecular complexity index is 697. The fourth-order valence-corrected chi connectivity index (χ4v) is 4.20. The molecule has 0 amide bonds. The molecule has 0 fully saturated rings. The van der Waals surface area contributed by atoms with E-state index in [0.717, 1.165) is 10.9 Å². The minimum Gasteiger partial charge on any atom is -0.507 e. The highest BCUT2D eigenvalue weighted by Crippen LogP contribution is 2.34. The molecule has 114 valence electrons. The molecule has 4 heteroatoms. The highest BCUT2D eigenvalue weighted by Gasteiger charge is 2.27. The molecule has 3 nitrogen and oxygen atoms in total. The second-order valence-corrected chi connectivity index (χ2v) is 7.29. The molecule has 0 heterocycles. The fraction of sp³-hybridized carbons (Fsp3) is 0.278. The summed E-state index contributed by atoms with van der Waals surface area (Å²) in [6, 6.07) is 14.6. The van der Waals surface area contributed by atoms with Crippen molar-refractivity contribution in [2.24, 2.45) is 5.92 Å². The molecule has 2 rings (SSSR count). The van der Waals surface area contributed by atoms with Crippen LogP contribution in [-0.2, 0) is 4.57 Å². The maximum Gasteiger partial charge on any atom is 0.377 e. The van der Waals surface area contributed by atoms with Gasteiger partial charge >= 0.3 is 7.80 Å². The van der Waals surface area contributed by atoms with E-state index in [1.807, 2.05) is 43.3 Å². The second-order valence-electron chi connectivity index (χ2n) is 5.68. The van der Waals surface area contributed by atoms with Gasteiger partial charge in [0.1, 0.15) is 5.75 Å². The van der Waals surface area contributed by atoms with Crippen LogP contribution in [0.5, 0.6) is 5.75 Å². The summed E-state index contributed by atoms with van der Waals surface area (Å²) in [6.07, 6.45) is 1.22. The van der Waals surface area contributed by atoms with E-state index in [-0.39, 0.29) is 11.7 Å². The Morgan fingerprint density at radius 1 is 1.14 bits per heavy atom. The minimum atomic E-state index is -1.56. The van der Waals surface area contributed by atoms with Crippen molar-refractivity contribution in [2.45, 2.75) is 20.3 Å². The van der Waals surface area contributed by atoms with Gasteiger partial charge in [-0.1, -0.05) is 41.8 Å². The molecule has 0 saturated carbocycles. The first kappa shape index (κ1) is 16.4. The van der Waals surface area contributed by atoms with Crippen LogP contribution >= 0.6 is 7.80 Å². The summed E-state index contributed by atoms with van der Waals surface area (Å²) in [5.74, 6) is 0.403. The Morgan fingerprint density at radius 3 is 2.36 bits per heavy atom. The van der Waals surface area contributed by atoms with E-state index in [9.17, 15) is 9.67 Å². The van der Waals surface area contributed by atoms with Crippen molar-refractivity contribution >= 4 is 18.8 Å². The lowest BCUT2D eigenvalue weighted by molar-refractivity contribution is 0.477. The van der Waals surface area contributed by atoms with Crippen LogP contribution in [0, 0.1) is 11.3 Å². The number of phenols is 1. The largest absolute Gasteiger partial charge is 0.507 e. The van der Waals surface area contributed by atoms with Crippen LogP contribution in [0.3, 0.4) is 0 Å². The monoisotopic (exact) mass is 314 g/mol. The first-order valence-corrected chi connectivity index (χ1v) is 8.79. The number of aromatic hydroxyl groups is 1. The summed E-state index contributed by atoms with van der Waals surface area (Å²) in [5.41, 5.74) is 2.14. The molecule has 2 unspecified atom stereocenters. The maximum atomic E-state index is 12.7. The lowest BCUT2D eigenvalue weighted by Gasteiger charge is -2.07. The number of hydrogen-bond acceptors (Lipinski definition) is 3. The Hall–Kier alpha value is -1.99. The third-order valence-electron chi connectivity index (χ3n) is 3.50. The van der Waals surface area contributed by atoms with Crippen LogP contribution in [0.25, 0.3) is 11.1 Å². The molecule has 0 spiro atoms. The molecule has 22 heavy (non-hydrogen) atoms. The predicted molar refractivity (Wildman–Crippen MR) is 92.8 cm³/mol. The smallest absolute Gasteiger partial charge is 0.377 e. The van der Waals surface area contributed by atoms with Crippen LogP contribution in [0.4, 0.5) is 0 Å². The molecule has 0 bridgehead atoms. The van der Waals surface area contributed by atoms with Crippen molar-refractivity contribution in [3.8, 4) is 16.9 Å². The van der Waals surface area contributed by atoms with Crippen LogP contribution in [0.1, 0.15) is 20.3 Å². The molecular formula is C18H21NO2P+. The summed E-state index contributed by atoms with van der Waals surface area (Å²) < 4.78 is 12.7. The molecule has 0 aliphatic heterocycles. The Morgan fingerprint density at radius 2 is 1.73 bits per heavy atom. The van der Waals surface area contributed by atoms with E-state index in [2.05, 4.69) is 0 Å². The number of nitrogens with one attached hydrogen (secondary N) is 1. The first-order chi connectivity index (χ1) is 10.5. The minimum absolute atomic E-state index is 0.196. The summed E-state index contributed by atoms with van der Waals surface area (Å²) >= 11 is 0. The van der Waals surface area contributed by atoms with E-state index in [4.69, 9.17) is 5.41 Å². The van der Waals surface area contributed by atoms with Gasteiger partial charge in [0.2, 0.25) is 0 Å². The average molecular weight is 314 g/mol. The standard InChI is InChI=1S/C18H20NO2P/c1-13(11-14(2)19)12-22(21)18-10-6-4-8-16(18)15-7-3-5-9-17(15)20/h3-10,13,19H,11-12H2,1-2H3/p+1. The third kappa shape index (κ3) is 4.02. The van der Waals surface area contributed by atoms with E-state index >= 15 is 0 Å². The van der Waals surface area contributed by atoms with Gasteiger partial charge in [-0.05, 0) is 31.5 Å². The van der Waals surface area contributed by atoms with Crippen molar-refractivity contribution in [3.63, 3.8) is 0 Å². The molecule has 0 aliphatic rings. The van der Waals surface area contributed by atoms with Crippen LogP contribution in [0.15, 0.2) is 48.5 Å². The van der Waals surface area contributed by atoms with E-state index in [1.54, 1.807) is 19.1 Å². The highest BCUT2D eigenvalue weighted by molar-refractivity contribution is 7.53. The second kappa shape index (κ2) is 7.33. The SMILES string of the molecule is CC(=N)CC(C)C[P+](=O)c1ccccc1-c1ccccc1O. The number of para-hydroxylation sites is 1. The molecule has 2 aromatic rings. The predicted octanol–water partition coefficient (Wildman–Crippen LogP) is 4.58. The van der Waals surface area contributed by atoms with Gasteiger partial charge in [-0.2, -0.15) is 0 Å². The van der Waals surface area contributed by atoms with Gasteiger partial charge in [0.05, 0.1) is 0 Å². The van der Waals surface area contributed by atoms with Crippen LogP contribution in [-0.4, -0.2) is 17.0 Å². The zero-order valence-corrected chi connectivity index (χ0v) is 13.8. The molecule has 2 N–H and O–H groups in total. The van der Waals surface area contributed by atoms with Gasteiger partial charge in [0.25, 0.3) is 0 Å². The van der Waals surface area contributed by atoms with Gasteiger partial charge in [-0.15, -0.1) is 0 Å². The summed E-state index contributed by atoms with van der Waals surface area (Å²) in [5, 5.41) is 18.4. The topological polar surface area (TPSA) is 61.2 Å². The van der Waals surface area contributed by atoms with Gasteiger partial charge < -0.3 is 10.5 Å². The summed E-state index contributed by atoms with van der Waals surface area (Å²) in [7, 11) is -1.56. The number of phenolic OH excluding ortho intramolecular Hbond substituents is 1. The molecule has 0 aromatic heterocycles. The molecule has 2 aromatic carbocycles. The number of rotatable bonds is 6.